The van der Waals surface area contributed by atoms with Gasteiger partial charge in [-0.25, -0.2) is 9.67 Å². The number of aromatic amines is 1. The third-order valence-electron chi connectivity index (χ3n) is 7.00. The molecule has 1 aliphatic carbocycles. The molecular formula is C28H33N7O. The molecule has 0 spiro atoms. The van der Waals surface area contributed by atoms with Gasteiger partial charge in [-0.3, -0.25) is 4.79 Å². The predicted octanol–water partition coefficient (Wildman–Crippen LogP) is 5.53. The summed E-state index contributed by atoms with van der Waals surface area (Å²) in [6.07, 6.45) is 7.03. The van der Waals surface area contributed by atoms with E-state index in [0.717, 1.165) is 66.7 Å². The smallest absolute Gasteiger partial charge is 0.217 e. The molecule has 2 aromatic heterocycles. The summed E-state index contributed by atoms with van der Waals surface area (Å²) < 4.78 is 1.95. The Balaban J connectivity index is 1.38. The van der Waals surface area contributed by atoms with Crippen molar-refractivity contribution in [1.82, 2.24) is 35.4 Å². The average molecular weight is 484 g/mol. The van der Waals surface area contributed by atoms with Gasteiger partial charge in [0.15, 0.2) is 0 Å². The summed E-state index contributed by atoms with van der Waals surface area (Å²) in [4.78, 5) is 17.9. The van der Waals surface area contributed by atoms with Gasteiger partial charge in [0.25, 0.3) is 0 Å². The van der Waals surface area contributed by atoms with Gasteiger partial charge in [-0.05, 0) is 47.1 Å². The van der Waals surface area contributed by atoms with Gasteiger partial charge in [0.2, 0.25) is 17.4 Å². The Morgan fingerprint density at radius 3 is 2.47 bits per heavy atom. The second kappa shape index (κ2) is 10.9. The Bertz CT molecular complexity index is 1290. The highest BCUT2D eigenvalue weighted by Crippen LogP contribution is 2.30. The average Bonchev–Trinajstić information content (AvgIpc) is 3.59. The highest BCUT2D eigenvalue weighted by atomic mass is 16.1. The number of hydrogen-bond acceptors (Lipinski definition) is 6. The fraction of sp³-hybridized carbons (Fsp3) is 0.429. The zero-order chi connectivity index (χ0) is 24.9. The second-order valence-electron chi connectivity index (χ2n) is 10.1. The molecule has 0 bridgehead atoms. The first-order chi connectivity index (χ1) is 17.6. The van der Waals surface area contributed by atoms with Crippen molar-refractivity contribution in [2.24, 2.45) is 11.8 Å². The molecule has 0 aliphatic heterocycles. The molecule has 2 aromatic carbocycles. The summed E-state index contributed by atoms with van der Waals surface area (Å²) in [5.41, 5.74) is 4.18. The minimum Gasteiger partial charge on any atom is -0.290 e. The van der Waals surface area contributed by atoms with Crippen molar-refractivity contribution in [2.45, 2.75) is 65.3 Å². The number of nitrogens with zero attached hydrogens (tertiary/aromatic N) is 6. The van der Waals surface area contributed by atoms with Gasteiger partial charge in [0, 0.05) is 24.4 Å². The van der Waals surface area contributed by atoms with Crippen LogP contribution in [0.1, 0.15) is 74.4 Å². The maximum Gasteiger partial charge on any atom is 0.217 e. The predicted molar refractivity (Wildman–Crippen MR) is 138 cm³/mol. The number of tetrazole rings is 1. The summed E-state index contributed by atoms with van der Waals surface area (Å²) in [5, 5.41) is 19.2. The molecule has 0 atom stereocenters. The van der Waals surface area contributed by atoms with Crippen LogP contribution in [0.3, 0.4) is 0 Å². The number of Topliss-reactive ketones (excluding diaryl/α,β-unsaturated/α-hetero) is 1. The van der Waals surface area contributed by atoms with E-state index >= 15 is 0 Å². The maximum atomic E-state index is 13.1. The molecule has 36 heavy (non-hydrogen) atoms. The Labute approximate surface area is 211 Å². The fourth-order valence-electron chi connectivity index (χ4n) is 4.91. The van der Waals surface area contributed by atoms with Crippen molar-refractivity contribution >= 4 is 5.78 Å². The largest absolute Gasteiger partial charge is 0.290 e. The van der Waals surface area contributed by atoms with Gasteiger partial charge in [-0.1, -0.05) is 81.6 Å². The number of rotatable bonds is 9. The molecular weight excluding hydrogens is 450 g/mol. The molecule has 1 N–H and O–H groups in total. The number of ketones is 1. The first-order valence-electron chi connectivity index (χ1n) is 13.0. The molecule has 2 heterocycles. The quantitative estimate of drug-likeness (QED) is 0.314. The zero-order valence-corrected chi connectivity index (χ0v) is 21.0. The molecule has 1 fully saturated rings. The van der Waals surface area contributed by atoms with E-state index in [-0.39, 0.29) is 11.7 Å². The van der Waals surface area contributed by atoms with Crippen LogP contribution in [0.2, 0.25) is 0 Å². The van der Waals surface area contributed by atoms with Crippen molar-refractivity contribution in [1.29, 1.82) is 0 Å². The van der Waals surface area contributed by atoms with E-state index in [0.29, 0.717) is 24.0 Å². The Kier molecular flexibility index (Phi) is 7.30. The van der Waals surface area contributed by atoms with Crippen molar-refractivity contribution in [3.05, 3.63) is 65.7 Å². The van der Waals surface area contributed by atoms with Crippen LogP contribution in [0, 0.1) is 11.8 Å². The minimum absolute atomic E-state index is 0.0751. The van der Waals surface area contributed by atoms with Crippen LogP contribution in [0.5, 0.6) is 0 Å². The van der Waals surface area contributed by atoms with Crippen LogP contribution in [-0.4, -0.2) is 41.2 Å². The van der Waals surface area contributed by atoms with Gasteiger partial charge >= 0.3 is 0 Å². The van der Waals surface area contributed by atoms with E-state index in [2.05, 4.69) is 64.8 Å². The molecule has 5 rings (SSSR count). The molecule has 186 valence electrons. The number of aromatic nitrogens is 7. The number of benzene rings is 2. The number of aryl methyl sites for hydroxylation is 1. The van der Waals surface area contributed by atoms with Crippen LogP contribution >= 0.6 is 0 Å². The van der Waals surface area contributed by atoms with Crippen molar-refractivity contribution in [2.75, 3.05) is 0 Å². The molecule has 8 heteroatoms. The zero-order valence-electron chi connectivity index (χ0n) is 21.0. The van der Waals surface area contributed by atoms with E-state index < -0.39 is 0 Å². The minimum atomic E-state index is 0.0751. The summed E-state index contributed by atoms with van der Waals surface area (Å²) in [6, 6.07) is 16.5. The van der Waals surface area contributed by atoms with Crippen LogP contribution in [-0.2, 0) is 13.0 Å². The summed E-state index contributed by atoms with van der Waals surface area (Å²) in [5.74, 6) is 2.57. The highest BCUT2D eigenvalue weighted by molar-refractivity contribution is 5.94. The van der Waals surface area contributed by atoms with Crippen molar-refractivity contribution < 1.29 is 4.79 Å². The lowest BCUT2D eigenvalue weighted by atomic mass is 9.86. The Hall–Kier alpha value is -3.68. The number of carbonyl (C=O) groups excluding carboxylic acids is 1. The molecule has 1 saturated carbocycles. The Morgan fingerprint density at radius 2 is 1.78 bits per heavy atom. The van der Waals surface area contributed by atoms with E-state index in [1.807, 2.05) is 22.9 Å². The molecule has 1 aliphatic rings. The van der Waals surface area contributed by atoms with Gasteiger partial charge in [0.05, 0.1) is 0 Å². The Morgan fingerprint density at radius 1 is 1.03 bits per heavy atom. The normalized spacial score (nSPS) is 14.4. The third-order valence-corrected chi connectivity index (χ3v) is 7.00. The van der Waals surface area contributed by atoms with Gasteiger partial charge in [0.1, 0.15) is 5.82 Å². The van der Waals surface area contributed by atoms with Gasteiger partial charge in [-0.15, -0.1) is 15.3 Å². The number of hydrogen-bond donors (Lipinski definition) is 1. The van der Waals surface area contributed by atoms with E-state index in [4.69, 9.17) is 10.1 Å². The third kappa shape index (κ3) is 5.42. The fourth-order valence-corrected chi connectivity index (χ4v) is 4.91. The van der Waals surface area contributed by atoms with Gasteiger partial charge in [-0.2, -0.15) is 5.21 Å². The molecule has 4 aromatic rings. The van der Waals surface area contributed by atoms with Crippen molar-refractivity contribution in [3.8, 4) is 22.5 Å². The first-order valence-corrected chi connectivity index (χ1v) is 13.0. The van der Waals surface area contributed by atoms with Crippen LogP contribution in [0.4, 0.5) is 0 Å². The number of carbonyl (C=O) groups is 1. The van der Waals surface area contributed by atoms with E-state index in [1.54, 1.807) is 0 Å². The van der Waals surface area contributed by atoms with Crippen LogP contribution in [0.15, 0.2) is 48.5 Å². The lowest BCUT2D eigenvalue weighted by Crippen LogP contribution is -2.19. The number of nitrogens with one attached hydrogen (secondary N) is 1. The van der Waals surface area contributed by atoms with Crippen molar-refractivity contribution in [3.63, 3.8) is 0 Å². The van der Waals surface area contributed by atoms with E-state index in [9.17, 15) is 4.79 Å². The molecule has 0 radical (unpaired) electrons. The molecule has 0 saturated heterocycles. The van der Waals surface area contributed by atoms with Crippen LogP contribution in [0.25, 0.3) is 22.5 Å². The molecule has 0 unspecified atom stereocenters. The molecule has 0 amide bonds. The summed E-state index contributed by atoms with van der Waals surface area (Å²) in [6.45, 7) is 5.18. The van der Waals surface area contributed by atoms with Gasteiger partial charge < -0.3 is 0 Å². The highest BCUT2D eigenvalue weighted by Gasteiger charge is 2.26. The summed E-state index contributed by atoms with van der Waals surface area (Å²) >= 11 is 0. The second-order valence-corrected chi connectivity index (χ2v) is 10.1. The molecule has 8 nitrogen and oxygen atoms in total. The number of H-pyrrole nitrogens is 1. The van der Waals surface area contributed by atoms with Crippen LogP contribution < -0.4 is 0 Å². The first kappa shape index (κ1) is 24.0. The standard InChI is InChI=1S/C28H33N7O/c1-19(2)16-17-35-25(29-28(32-35)26(36)22-8-4-3-5-9-22)18-20-12-14-21(15-13-20)23-10-6-7-11-24(23)27-30-33-34-31-27/h6-7,10-15,19,22H,3-5,8-9,16-18H2,1-2H3,(H,30,31,33,34). The van der Waals surface area contributed by atoms with E-state index in [1.165, 1.54) is 6.42 Å². The lowest BCUT2D eigenvalue weighted by Gasteiger charge is -2.18. The SMILES string of the molecule is CC(C)CCn1nc(C(=O)C2CCCCC2)nc1Cc1ccc(-c2ccccc2-c2nn[nH]n2)cc1. The maximum absolute atomic E-state index is 13.1. The summed E-state index contributed by atoms with van der Waals surface area (Å²) in [7, 11) is 0. The lowest BCUT2D eigenvalue weighted by molar-refractivity contribution is 0.0878. The monoisotopic (exact) mass is 483 g/mol. The topological polar surface area (TPSA) is 102 Å².